The average molecular weight is 318 g/mol. The third kappa shape index (κ3) is 3.23. The van der Waals surface area contributed by atoms with Crippen molar-refractivity contribution >= 4 is 40.8 Å². The molecule has 1 fully saturated rings. The Hall–Kier alpha value is -1.30. The van der Waals surface area contributed by atoms with Crippen molar-refractivity contribution in [2.45, 2.75) is 19.4 Å². The third-order valence-corrected chi connectivity index (χ3v) is 3.70. The van der Waals surface area contributed by atoms with E-state index in [1.54, 1.807) is 0 Å². The maximum atomic E-state index is 12.1. The van der Waals surface area contributed by atoms with E-state index in [0.29, 0.717) is 13.0 Å². The van der Waals surface area contributed by atoms with E-state index in [9.17, 15) is 9.59 Å². The molecule has 0 spiro atoms. The second kappa shape index (κ2) is 5.99. The van der Waals surface area contributed by atoms with Gasteiger partial charge < -0.3 is 15.2 Å². The fourth-order valence-corrected chi connectivity index (χ4v) is 2.62. The first-order chi connectivity index (χ1) is 9.38. The minimum atomic E-state index is -1.13. The molecular weight excluding hydrogens is 305 g/mol. The topological polar surface area (TPSA) is 75.6 Å². The fourth-order valence-electron chi connectivity index (χ4n) is 2.04. The maximum absolute atomic E-state index is 12.1. The van der Waals surface area contributed by atoms with Gasteiger partial charge in [-0.2, -0.15) is 0 Å². The van der Waals surface area contributed by atoms with Gasteiger partial charge >= 0.3 is 5.97 Å². The van der Waals surface area contributed by atoms with Gasteiger partial charge in [0, 0.05) is 0 Å². The minimum Gasteiger partial charge on any atom is -0.478 e. The highest BCUT2D eigenvalue weighted by Gasteiger charge is 2.29. The Kier molecular flexibility index (Phi) is 4.52. The molecule has 1 aromatic carbocycles. The molecule has 1 aliphatic rings. The van der Waals surface area contributed by atoms with Crippen LogP contribution in [0.1, 0.15) is 23.7 Å². The van der Waals surface area contributed by atoms with Crippen LogP contribution in [-0.2, 0) is 9.53 Å². The third-order valence-electron chi connectivity index (χ3n) is 3.11. The predicted octanol–water partition coefficient (Wildman–Crippen LogP) is 3.06. The lowest BCUT2D eigenvalue weighted by Gasteiger charge is -2.13. The van der Waals surface area contributed by atoms with Gasteiger partial charge in [0.25, 0.3) is 0 Å². The van der Waals surface area contributed by atoms with Crippen LogP contribution < -0.4 is 5.32 Å². The molecule has 1 amide bonds. The molecule has 2 rings (SSSR count). The van der Waals surface area contributed by atoms with Crippen molar-refractivity contribution in [3.63, 3.8) is 0 Å². The van der Waals surface area contributed by atoms with E-state index in [2.05, 4.69) is 5.32 Å². The molecule has 0 saturated carbocycles. The summed E-state index contributed by atoms with van der Waals surface area (Å²) in [6.07, 6.45) is 0.681. The number of halogens is 2. The van der Waals surface area contributed by atoms with Crippen molar-refractivity contribution in [3.05, 3.63) is 27.7 Å². The zero-order chi connectivity index (χ0) is 14.9. The largest absolute Gasteiger partial charge is 0.478 e. The lowest BCUT2D eigenvalue weighted by atomic mass is 10.1. The predicted molar refractivity (Wildman–Crippen MR) is 75.6 cm³/mol. The molecule has 2 unspecified atom stereocenters. The molecule has 20 heavy (non-hydrogen) atoms. The number of carboxylic acid groups (broad SMARTS) is 1. The zero-order valence-electron chi connectivity index (χ0n) is 10.7. The van der Waals surface area contributed by atoms with Gasteiger partial charge in [0.2, 0.25) is 5.91 Å². The highest BCUT2D eigenvalue weighted by Crippen LogP contribution is 2.33. The number of ether oxygens (including phenoxy) is 1. The Morgan fingerprint density at radius 1 is 1.35 bits per heavy atom. The van der Waals surface area contributed by atoms with Crippen molar-refractivity contribution in [1.29, 1.82) is 0 Å². The van der Waals surface area contributed by atoms with Gasteiger partial charge in [-0.05, 0) is 25.5 Å². The van der Waals surface area contributed by atoms with E-state index >= 15 is 0 Å². The number of rotatable bonds is 3. The first-order valence-electron chi connectivity index (χ1n) is 6.03. The summed E-state index contributed by atoms with van der Waals surface area (Å²) < 4.78 is 5.33. The normalized spacial score (nSPS) is 21.8. The van der Waals surface area contributed by atoms with Crippen molar-refractivity contribution in [2.24, 2.45) is 5.92 Å². The first kappa shape index (κ1) is 15.1. The molecule has 2 N–H and O–H groups in total. The van der Waals surface area contributed by atoms with Gasteiger partial charge in [0.15, 0.2) is 0 Å². The molecule has 0 aromatic heterocycles. The van der Waals surface area contributed by atoms with E-state index in [0.717, 1.165) is 0 Å². The molecule has 108 valence electrons. The summed E-state index contributed by atoms with van der Waals surface area (Å²) in [6.45, 7) is 2.25. The van der Waals surface area contributed by atoms with Crippen LogP contribution >= 0.6 is 23.2 Å². The first-order valence-corrected chi connectivity index (χ1v) is 6.79. The van der Waals surface area contributed by atoms with Crippen LogP contribution in [0.4, 0.5) is 5.69 Å². The van der Waals surface area contributed by atoms with E-state index in [1.165, 1.54) is 12.1 Å². The number of carboxylic acids is 1. The number of nitrogens with one attached hydrogen (secondary N) is 1. The molecule has 1 saturated heterocycles. The van der Waals surface area contributed by atoms with Crippen LogP contribution in [0.3, 0.4) is 0 Å². The summed E-state index contributed by atoms with van der Waals surface area (Å²) in [4.78, 5) is 22.9. The Morgan fingerprint density at radius 2 is 1.95 bits per heavy atom. The zero-order valence-corrected chi connectivity index (χ0v) is 12.2. The Labute approximate surface area is 125 Å². The van der Waals surface area contributed by atoms with Crippen LogP contribution in [0.25, 0.3) is 0 Å². The maximum Gasteiger partial charge on any atom is 0.335 e. The number of benzene rings is 1. The Bertz CT molecular complexity index is 538. The molecule has 1 heterocycles. The molecule has 1 aromatic rings. The summed E-state index contributed by atoms with van der Waals surface area (Å²) in [5, 5.41) is 11.7. The second-order valence-corrected chi connectivity index (χ2v) is 5.50. The average Bonchev–Trinajstić information content (AvgIpc) is 2.80. The van der Waals surface area contributed by atoms with Crippen LogP contribution in [-0.4, -0.2) is 29.7 Å². The molecule has 5 nitrogen and oxygen atoms in total. The Balaban J connectivity index is 2.17. The van der Waals surface area contributed by atoms with Gasteiger partial charge in [-0.3, -0.25) is 4.79 Å². The lowest BCUT2D eigenvalue weighted by molar-refractivity contribution is -0.119. The van der Waals surface area contributed by atoms with Gasteiger partial charge in [0.1, 0.15) is 0 Å². The SMILES string of the molecule is CC1CC(C(=O)Nc2c(Cl)cc(C(=O)O)cc2Cl)CO1. The van der Waals surface area contributed by atoms with E-state index in [-0.39, 0.29) is 39.2 Å². The summed E-state index contributed by atoms with van der Waals surface area (Å²) in [5.74, 6) is -1.62. The molecule has 1 aliphatic heterocycles. The number of aromatic carboxylic acids is 1. The van der Waals surface area contributed by atoms with E-state index in [4.69, 9.17) is 33.0 Å². The smallest absolute Gasteiger partial charge is 0.335 e. The lowest BCUT2D eigenvalue weighted by Crippen LogP contribution is -2.23. The second-order valence-electron chi connectivity index (χ2n) is 4.69. The van der Waals surface area contributed by atoms with Crippen molar-refractivity contribution < 1.29 is 19.4 Å². The van der Waals surface area contributed by atoms with Crippen molar-refractivity contribution in [1.82, 2.24) is 0 Å². The molecule has 0 bridgehead atoms. The minimum absolute atomic E-state index is 0.0316. The number of hydrogen-bond donors (Lipinski definition) is 2. The monoisotopic (exact) mass is 317 g/mol. The standard InChI is InChI=1S/C13H13Cl2NO4/c1-6-2-8(5-20-6)12(17)16-11-9(14)3-7(13(18)19)4-10(11)15/h3-4,6,8H,2,5H2,1H3,(H,16,17)(H,18,19). The van der Waals surface area contributed by atoms with Crippen LogP contribution in [0.5, 0.6) is 0 Å². The summed E-state index contributed by atoms with van der Waals surface area (Å²) >= 11 is 11.9. The van der Waals surface area contributed by atoms with Gasteiger partial charge in [0.05, 0.1) is 39.9 Å². The number of anilines is 1. The van der Waals surface area contributed by atoms with Crippen molar-refractivity contribution in [3.8, 4) is 0 Å². The summed E-state index contributed by atoms with van der Waals surface area (Å²) in [5.41, 5.74) is 0.193. The molecule has 0 radical (unpaired) electrons. The highest BCUT2D eigenvalue weighted by molar-refractivity contribution is 6.40. The molecule has 7 heteroatoms. The highest BCUT2D eigenvalue weighted by atomic mass is 35.5. The van der Waals surface area contributed by atoms with Crippen LogP contribution in [0.2, 0.25) is 10.0 Å². The van der Waals surface area contributed by atoms with Crippen LogP contribution in [0, 0.1) is 5.92 Å². The summed E-state index contributed by atoms with van der Waals surface area (Å²) in [7, 11) is 0. The van der Waals surface area contributed by atoms with Gasteiger partial charge in [-0.1, -0.05) is 23.2 Å². The number of carbonyl (C=O) groups excluding carboxylic acids is 1. The number of carbonyl (C=O) groups is 2. The van der Waals surface area contributed by atoms with E-state index in [1.807, 2.05) is 6.92 Å². The van der Waals surface area contributed by atoms with E-state index < -0.39 is 5.97 Å². The van der Waals surface area contributed by atoms with Gasteiger partial charge in [-0.15, -0.1) is 0 Å². The summed E-state index contributed by atoms with van der Waals surface area (Å²) in [6, 6.07) is 2.50. The molecule has 2 atom stereocenters. The molecular formula is C13H13Cl2NO4. The molecule has 0 aliphatic carbocycles. The number of amides is 1. The van der Waals surface area contributed by atoms with Crippen molar-refractivity contribution in [2.75, 3.05) is 11.9 Å². The Morgan fingerprint density at radius 3 is 2.40 bits per heavy atom. The quantitative estimate of drug-likeness (QED) is 0.898. The van der Waals surface area contributed by atoms with Gasteiger partial charge in [-0.25, -0.2) is 4.79 Å². The fraction of sp³-hybridized carbons (Fsp3) is 0.385. The van der Waals surface area contributed by atoms with Crippen LogP contribution in [0.15, 0.2) is 12.1 Å². The number of hydrogen-bond acceptors (Lipinski definition) is 3.